The van der Waals surface area contributed by atoms with Gasteiger partial charge in [-0.2, -0.15) is 0 Å². The Morgan fingerprint density at radius 2 is 1.62 bits per heavy atom. The molecule has 1 atom stereocenters. The molecule has 0 radical (unpaired) electrons. The number of nitrogens with zero attached hydrogens (tertiary/aromatic N) is 1. The van der Waals surface area contributed by atoms with Crippen molar-refractivity contribution in [3.63, 3.8) is 0 Å². The second-order valence-electron chi connectivity index (χ2n) is 8.49. The van der Waals surface area contributed by atoms with E-state index >= 15 is 0 Å². The van der Waals surface area contributed by atoms with E-state index in [1.54, 1.807) is 14.2 Å². The highest BCUT2D eigenvalue weighted by Crippen LogP contribution is 2.37. The predicted molar refractivity (Wildman–Crippen MR) is 105 cm³/mol. The van der Waals surface area contributed by atoms with Crippen LogP contribution in [0.1, 0.15) is 34.1 Å². The quantitative estimate of drug-likeness (QED) is 0.541. The summed E-state index contributed by atoms with van der Waals surface area (Å²) < 4.78 is 16.9. The lowest BCUT2D eigenvalue weighted by Crippen LogP contribution is -2.45. The zero-order valence-electron chi connectivity index (χ0n) is 17.5. The SMILES string of the molecule is CO[Si](C)(CCCN(C)CC(C)C(=O)O[Si](C)(C)C(C)(C)C)OC. The Hall–Kier alpha value is -0.216. The molecule has 0 aliphatic rings. The van der Waals surface area contributed by atoms with E-state index in [0.717, 1.165) is 19.0 Å². The van der Waals surface area contributed by atoms with Gasteiger partial charge in [-0.1, -0.05) is 27.7 Å². The molecule has 0 bridgehead atoms. The summed E-state index contributed by atoms with van der Waals surface area (Å²) in [7, 11) is 1.46. The number of carbonyl (C=O) groups excluding carboxylic acids is 1. The molecule has 0 aromatic rings. The van der Waals surface area contributed by atoms with Gasteiger partial charge in [-0.25, -0.2) is 0 Å². The van der Waals surface area contributed by atoms with Gasteiger partial charge in [0.15, 0.2) is 0 Å². The number of hydrogen-bond donors (Lipinski definition) is 0. The van der Waals surface area contributed by atoms with Gasteiger partial charge in [0.25, 0.3) is 14.3 Å². The van der Waals surface area contributed by atoms with Crippen molar-refractivity contribution in [2.75, 3.05) is 34.4 Å². The Morgan fingerprint density at radius 1 is 1.12 bits per heavy atom. The second-order valence-corrected chi connectivity index (χ2v) is 16.8. The molecule has 0 aromatic carbocycles. The molecule has 1 unspecified atom stereocenters. The Labute approximate surface area is 151 Å². The van der Waals surface area contributed by atoms with Gasteiger partial charge < -0.3 is 18.2 Å². The van der Waals surface area contributed by atoms with E-state index in [-0.39, 0.29) is 16.9 Å². The zero-order chi connectivity index (χ0) is 19.2. The third-order valence-corrected chi connectivity index (χ3v) is 12.5. The molecule has 0 N–H and O–H groups in total. The Kier molecular flexibility index (Phi) is 9.39. The minimum atomic E-state index is -2.04. The van der Waals surface area contributed by atoms with E-state index in [1.165, 1.54) is 0 Å². The van der Waals surface area contributed by atoms with Crippen LogP contribution in [0.25, 0.3) is 0 Å². The average Bonchev–Trinajstić information content (AvgIpc) is 2.45. The fourth-order valence-electron chi connectivity index (χ4n) is 2.10. The van der Waals surface area contributed by atoms with E-state index in [1.807, 2.05) is 6.92 Å². The van der Waals surface area contributed by atoms with Crippen molar-refractivity contribution in [3.8, 4) is 0 Å². The molecule has 7 heteroatoms. The summed E-state index contributed by atoms with van der Waals surface area (Å²) in [5, 5.41) is 0.0453. The molecule has 0 saturated carbocycles. The lowest BCUT2D eigenvalue weighted by molar-refractivity contribution is -0.140. The number of carbonyl (C=O) groups is 1. The minimum Gasteiger partial charge on any atom is -0.519 e. The fourth-order valence-corrected chi connectivity index (χ4v) is 4.48. The fraction of sp³-hybridized carbons (Fsp3) is 0.941. The van der Waals surface area contributed by atoms with Gasteiger partial charge in [0.2, 0.25) is 0 Å². The van der Waals surface area contributed by atoms with Crippen molar-refractivity contribution in [1.29, 1.82) is 0 Å². The lowest BCUT2D eigenvalue weighted by atomic mass is 10.2. The van der Waals surface area contributed by atoms with Gasteiger partial charge in [0.05, 0.1) is 5.92 Å². The highest BCUT2D eigenvalue weighted by atomic mass is 28.4. The second kappa shape index (κ2) is 9.47. The summed E-state index contributed by atoms with van der Waals surface area (Å²) in [6.45, 7) is 16.3. The van der Waals surface area contributed by atoms with Gasteiger partial charge in [0.1, 0.15) is 0 Å². The van der Waals surface area contributed by atoms with Crippen LogP contribution >= 0.6 is 0 Å². The molecular formula is C17H39NO4Si2. The van der Waals surface area contributed by atoms with Gasteiger partial charge in [-0.3, -0.25) is 4.79 Å². The van der Waals surface area contributed by atoms with Crippen LogP contribution < -0.4 is 0 Å². The molecule has 144 valence electrons. The van der Waals surface area contributed by atoms with Crippen LogP contribution in [0.3, 0.4) is 0 Å². The van der Waals surface area contributed by atoms with Crippen molar-refractivity contribution in [2.24, 2.45) is 5.92 Å². The maximum atomic E-state index is 12.4. The standard InChI is InChI=1S/C17H39NO4Si2/c1-15(16(19)22-23(8,9)17(2,3)4)14-18(5)12-11-13-24(10,20-6)21-7/h15H,11-14H2,1-10H3. The van der Waals surface area contributed by atoms with Crippen LogP contribution in [0.4, 0.5) is 0 Å². The first-order valence-electron chi connectivity index (χ1n) is 8.79. The van der Waals surface area contributed by atoms with E-state index in [9.17, 15) is 4.79 Å². The Balaban J connectivity index is 4.36. The Morgan fingerprint density at radius 3 is 2.04 bits per heavy atom. The monoisotopic (exact) mass is 377 g/mol. The smallest absolute Gasteiger partial charge is 0.334 e. The molecule has 0 heterocycles. The lowest BCUT2D eigenvalue weighted by Gasteiger charge is -2.36. The molecule has 0 rings (SSSR count). The molecule has 0 saturated heterocycles. The minimum absolute atomic E-state index is 0.0453. The van der Waals surface area contributed by atoms with E-state index < -0.39 is 16.9 Å². The van der Waals surface area contributed by atoms with Crippen LogP contribution in [0, 0.1) is 5.92 Å². The Bertz CT molecular complexity index is 393. The first kappa shape index (κ1) is 23.8. The third-order valence-electron chi connectivity index (χ3n) is 5.18. The molecule has 5 nitrogen and oxygen atoms in total. The molecular weight excluding hydrogens is 338 g/mol. The summed E-state index contributed by atoms with van der Waals surface area (Å²) in [4.78, 5) is 14.6. The van der Waals surface area contributed by atoms with Gasteiger partial charge in [-0.15, -0.1) is 0 Å². The predicted octanol–water partition coefficient (Wildman–Crippen LogP) is 3.86. The average molecular weight is 378 g/mol. The molecule has 24 heavy (non-hydrogen) atoms. The normalized spacial score (nSPS) is 14.8. The number of hydrogen-bond acceptors (Lipinski definition) is 5. The first-order valence-corrected chi connectivity index (χ1v) is 14.2. The molecule has 0 amide bonds. The maximum Gasteiger partial charge on any atom is 0.334 e. The van der Waals surface area contributed by atoms with Crippen molar-refractivity contribution < 1.29 is 18.1 Å². The summed E-state index contributed by atoms with van der Waals surface area (Å²) in [6, 6.07) is 0.952. The van der Waals surface area contributed by atoms with Crippen LogP contribution in [-0.4, -0.2) is 62.1 Å². The topological polar surface area (TPSA) is 48.0 Å². The zero-order valence-corrected chi connectivity index (χ0v) is 19.5. The van der Waals surface area contributed by atoms with Crippen molar-refractivity contribution >= 4 is 22.8 Å². The van der Waals surface area contributed by atoms with Gasteiger partial charge >= 0.3 is 8.56 Å². The molecule has 0 aliphatic carbocycles. The molecule has 0 aliphatic heterocycles. The van der Waals surface area contributed by atoms with Gasteiger partial charge in [-0.05, 0) is 50.7 Å². The highest BCUT2D eigenvalue weighted by Gasteiger charge is 2.41. The molecule has 0 aromatic heterocycles. The van der Waals surface area contributed by atoms with Crippen LogP contribution in [0.5, 0.6) is 0 Å². The summed E-state index contributed by atoms with van der Waals surface area (Å²) in [6.07, 6.45) is 1.00. The van der Waals surface area contributed by atoms with Crippen LogP contribution in [0.2, 0.25) is 30.7 Å². The van der Waals surface area contributed by atoms with E-state index in [0.29, 0.717) is 6.54 Å². The molecule has 0 spiro atoms. The van der Waals surface area contributed by atoms with E-state index in [4.69, 9.17) is 13.3 Å². The van der Waals surface area contributed by atoms with E-state index in [2.05, 4.69) is 52.4 Å². The third kappa shape index (κ3) is 7.78. The van der Waals surface area contributed by atoms with Crippen molar-refractivity contribution in [2.45, 2.75) is 64.8 Å². The van der Waals surface area contributed by atoms with Crippen LogP contribution in [0.15, 0.2) is 0 Å². The largest absolute Gasteiger partial charge is 0.519 e. The van der Waals surface area contributed by atoms with Gasteiger partial charge in [0, 0.05) is 20.8 Å². The maximum absolute atomic E-state index is 12.4. The summed E-state index contributed by atoms with van der Waals surface area (Å²) in [5.41, 5.74) is 0. The van der Waals surface area contributed by atoms with Crippen LogP contribution in [-0.2, 0) is 18.1 Å². The first-order chi connectivity index (χ1) is 10.8. The number of rotatable bonds is 10. The summed E-state index contributed by atoms with van der Waals surface area (Å²) >= 11 is 0. The van der Waals surface area contributed by atoms with Crippen molar-refractivity contribution in [3.05, 3.63) is 0 Å². The highest BCUT2D eigenvalue weighted by molar-refractivity contribution is 6.75. The molecule has 0 fully saturated rings. The van der Waals surface area contributed by atoms with Crippen molar-refractivity contribution in [1.82, 2.24) is 4.90 Å². The summed E-state index contributed by atoms with van der Waals surface area (Å²) in [5.74, 6) is -0.181.